The molecule has 0 aliphatic carbocycles. The van der Waals surface area contributed by atoms with Crippen LogP contribution in [-0.2, 0) is 22.5 Å². The highest BCUT2D eigenvalue weighted by atomic mass is 28.4. The minimum Gasteiger partial charge on any atom is -0.411 e. The molecule has 1 aromatic heterocycles. The molecule has 35 heavy (non-hydrogen) atoms. The fraction of sp³-hybridized carbons (Fsp3) is 0.600. The standard InChI is InChI=1S/C30H51NO2Si2/c1-14-16-17-18-28(33-35(12,13)30(6,7)8)26-20-24-19-25(22-32-34(10,11)29(3,4)5)31(9)27(24)21-23(26)15-2/h14-15,19-21,28H,1-2,16-18,22H2,3-13H3. The lowest BCUT2D eigenvalue weighted by Gasteiger charge is -2.40. The Hall–Kier alpha value is -1.41. The predicted molar refractivity (Wildman–Crippen MR) is 160 cm³/mol. The van der Waals surface area contributed by atoms with Gasteiger partial charge in [-0.15, -0.1) is 6.58 Å². The topological polar surface area (TPSA) is 23.4 Å². The largest absolute Gasteiger partial charge is 0.411 e. The number of aromatic nitrogens is 1. The van der Waals surface area contributed by atoms with Gasteiger partial charge in [0.15, 0.2) is 16.6 Å². The van der Waals surface area contributed by atoms with E-state index in [0.717, 1.165) is 24.8 Å². The lowest BCUT2D eigenvalue weighted by atomic mass is 9.96. The minimum absolute atomic E-state index is 0.0559. The van der Waals surface area contributed by atoms with Crippen molar-refractivity contribution in [2.45, 2.75) is 110 Å². The molecule has 0 bridgehead atoms. The van der Waals surface area contributed by atoms with E-state index >= 15 is 0 Å². The summed E-state index contributed by atoms with van der Waals surface area (Å²) in [4.78, 5) is 0. The maximum absolute atomic E-state index is 7.02. The van der Waals surface area contributed by atoms with Gasteiger partial charge in [0.2, 0.25) is 0 Å². The fourth-order valence-electron chi connectivity index (χ4n) is 3.80. The third-order valence-electron chi connectivity index (χ3n) is 8.42. The lowest BCUT2D eigenvalue weighted by molar-refractivity contribution is 0.171. The van der Waals surface area contributed by atoms with Crippen LogP contribution in [0.25, 0.3) is 17.0 Å². The van der Waals surface area contributed by atoms with E-state index in [2.05, 4.69) is 111 Å². The summed E-state index contributed by atoms with van der Waals surface area (Å²) in [6.07, 6.45) is 7.11. The van der Waals surface area contributed by atoms with E-state index in [0.29, 0.717) is 6.61 Å². The van der Waals surface area contributed by atoms with E-state index in [1.54, 1.807) is 0 Å². The van der Waals surface area contributed by atoms with Gasteiger partial charge in [0.25, 0.3) is 0 Å². The molecule has 2 rings (SSSR count). The van der Waals surface area contributed by atoms with Gasteiger partial charge in [-0.1, -0.05) is 60.3 Å². The van der Waals surface area contributed by atoms with Crippen molar-refractivity contribution in [3.63, 3.8) is 0 Å². The zero-order chi connectivity index (χ0) is 26.8. The summed E-state index contributed by atoms with van der Waals surface area (Å²) in [6.45, 7) is 31.8. The van der Waals surface area contributed by atoms with Crippen LogP contribution in [0, 0.1) is 0 Å². The Bertz CT molecular complexity index is 1040. The number of benzene rings is 1. The van der Waals surface area contributed by atoms with Gasteiger partial charge in [-0.3, -0.25) is 0 Å². The molecule has 0 amide bonds. The van der Waals surface area contributed by atoms with Crippen molar-refractivity contribution in [3.8, 4) is 0 Å². The Kier molecular flexibility index (Phi) is 9.30. The second-order valence-electron chi connectivity index (χ2n) is 13.1. The molecule has 0 fully saturated rings. The Morgan fingerprint density at radius 1 is 0.943 bits per heavy atom. The van der Waals surface area contributed by atoms with Crippen LogP contribution in [0.3, 0.4) is 0 Å². The molecule has 1 unspecified atom stereocenters. The maximum atomic E-state index is 7.02. The summed E-state index contributed by atoms with van der Waals surface area (Å²) >= 11 is 0. The van der Waals surface area contributed by atoms with Gasteiger partial charge in [-0.05, 0) is 84.9 Å². The van der Waals surface area contributed by atoms with E-state index in [-0.39, 0.29) is 16.2 Å². The van der Waals surface area contributed by atoms with Crippen LogP contribution in [-0.4, -0.2) is 21.2 Å². The van der Waals surface area contributed by atoms with Crippen LogP contribution >= 0.6 is 0 Å². The Morgan fingerprint density at radius 2 is 1.54 bits per heavy atom. The monoisotopic (exact) mass is 513 g/mol. The molecule has 0 saturated heterocycles. The van der Waals surface area contributed by atoms with Crippen LogP contribution in [0.15, 0.2) is 37.4 Å². The zero-order valence-corrected chi connectivity index (χ0v) is 26.5. The smallest absolute Gasteiger partial charge is 0.192 e. The fourth-order valence-corrected chi connectivity index (χ4v) is 6.05. The Labute approximate surface area is 217 Å². The van der Waals surface area contributed by atoms with Crippen LogP contribution < -0.4 is 0 Å². The first-order valence-corrected chi connectivity index (χ1v) is 18.9. The molecule has 1 heterocycles. The summed E-state index contributed by atoms with van der Waals surface area (Å²) in [5, 5.41) is 1.60. The average molecular weight is 514 g/mol. The van der Waals surface area contributed by atoms with Gasteiger partial charge in [-0.25, -0.2) is 0 Å². The van der Waals surface area contributed by atoms with Crippen LogP contribution in [0.5, 0.6) is 0 Å². The molecule has 3 nitrogen and oxygen atoms in total. The first-order valence-electron chi connectivity index (χ1n) is 13.1. The average Bonchev–Trinajstić information content (AvgIpc) is 3.04. The van der Waals surface area contributed by atoms with Gasteiger partial charge in [0, 0.05) is 23.6 Å². The first-order chi connectivity index (χ1) is 15.9. The Balaban J connectivity index is 2.51. The van der Waals surface area contributed by atoms with Gasteiger partial charge in [0.05, 0.1) is 12.7 Å². The third kappa shape index (κ3) is 6.88. The maximum Gasteiger partial charge on any atom is 0.192 e. The van der Waals surface area contributed by atoms with Gasteiger partial charge in [-0.2, -0.15) is 0 Å². The third-order valence-corrected chi connectivity index (χ3v) is 17.4. The highest BCUT2D eigenvalue weighted by Crippen LogP contribution is 2.42. The molecule has 5 heteroatoms. The lowest BCUT2D eigenvalue weighted by Crippen LogP contribution is -2.42. The van der Waals surface area contributed by atoms with Crippen LogP contribution in [0.1, 0.15) is 83.7 Å². The second-order valence-corrected chi connectivity index (χ2v) is 22.6. The van der Waals surface area contributed by atoms with Crippen molar-refractivity contribution < 1.29 is 8.85 Å². The van der Waals surface area contributed by atoms with Crippen LogP contribution in [0.4, 0.5) is 0 Å². The number of fused-ring (bicyclic) bond motifs is 1. The normalized spacial score (nSPS) is 14.4. The van der Waals surface area contributed by atoms with Gasteiger partial charge < -0.3 is 13.4 Å². The predicted octanol–water partition coefficient (Wildman–Crippen LogP) is 9.76. The number of rotatable bonds is 11. The molecule has 2 aromatic rings. The van der Waals surface area contributed by atoms with E-state index in [1.807, 2.05) is 12.2 Å². The molecule has 196 valence electrons. The molecule has 0 saturated carbocycles. The van der Waals surface area contributed by atoms with E-state index in [4.69, 9.17) is 8.85 Å². The highest BCUT2D eigenvalue weighted by molar-refractivity contribution is 6.74. The van der Waals surface area contributed by atoms with Crippen molar-refractivity contribution in [1.82, 2.24) is 4.57 Å². The quantitative estimate of drug-likeness (QED) is 0.169. The SMILES string of the molecule is C=CCCCC(O[Si](C)(C)C(C)(C)C)c1cc2cc(CO[Si](C)(C)C(C)(C)C)n(C)c2cc1C=C. The summed E-state index contributed by atoms with van der Waals surface area (Å²) in [5.74, 6) is 0. The van der Waals surface area contributed by atoms with Crippen molar-refractivity contribution in [2.75, 3.05) is 0 Å². The van der Waals surface area contributed by atoms with Crippen molar-refractivity contribution in [3.05, 3.63) is 54.3 Å². The molecule has 0 radical (unpaired) electrons. The summed E-state index contributed by atoms with van der Waals surface area (Å²) in [6, 6.07) is 6.92. The molecular weight excluding hydrogens is 463 g/mol. The second kappa shape index (κ2) is 10.9. The highest BCUT2D eigenvalue weighted by Gasteiger charge is 2.40. The minimum atomic E-state index is -1.95. The van der Waals surface area contributed by atoms with Crippen molar-refractivity contribution in [1.29, 1.82) is 0 Å². The van der Waals surface area contributed by atoms with Gasteiger partial charge >= 0.3 is 0 Å². The molecule has 0 spiro atoms. The number of hydrogen-bond donors (Lipinski definition) is 0. The van der Waals surface area contributed by atoms with Crippen molar-refractivity contribution in [2.24, 2.45) is 7.05 Å². The molecular formula is C30H51NO2Si2. The number of allylic oxidation sites excluding steroid dienone is 1. The van der Waals surface area contributed by atoms with E-state index < -0.39 is 16.6 Å². The van der Waals surface area contributed by atoms with E-state index in [9.17, 15) is 0 Å². The molecule has 0 aliphatic heterocycles. The summed E-state index contributed by atoms with van der Waals surface area (Å²) in [5.41, 5.74) is 4.85. The Morgan fingerprint density at radius 3 is 2.06 bits per heavy atom. The molecule has 0 aliphatic rings. The number of hydrogen-bond acceptors (Lipinski definition) is 2. The van der Waals surface area contributed by atoms with Crippen molar-refractivity contribution >= 4 is 33.6 Å². The summed E-state index contributed by atoms with van der Waals surface area (Å²) < 4.78 is 15.9. The molecule has 1 aromatic carbocycles. The van der Waals surface area contributed by atoms with Gasteiger partial charge in [0.1, 0.15) is 0 Å². The summed E-state index contributed by atoms with van der Waals surface area (Å²) in [7, 11) is -1.63. The zero-order valence-electron chi connectivity index (χ0n) is 24.5. The first kappa shape index (κ1) is 29.8. The molecule has 1 atom stereocenters. The number of aryl methyl sites for hydroxylation is 1. The number of nitrogens with zero attached hydrogens (tertiary/aromatic N) is 1. The van der Waals surface area contributed by atoms with E-state index in [1.165, 1.54) is 22.2 Å². The number of unbranched alkanes of at least 4 members (excludes halogenated alkanes) is 1. The molecule has 0 N–H and O–H groups in total. The van der Waals surface area contributed by atoms with Crippen LogP contribution in [0.2, 0.25) is 36.3 Å².